The van der Waals surface area contributed by atoms with E-state index in [4.69, 9.17) is 9.47 Å². The van der Waals surface area contributed by atoms with Crippen LogP contribution in [0.1, 0.15) is 51.6 Å². The summed E-state index contributed by atoms with van der Waals surface area (Å²) in [6.45, 7) is 8.01. The monoisotopic (exact) mass is 277 g/mol. The molecule has 0 aromatic heterocycles. The number of benzene rings is 1. The minimum Gasteiger partial charge on any atom is -0.494 e. The average Bonchev–Trinajstić information content (AvgIpc) is 2.43. The van der Waals surface area contributed by atoms with Gasteiger partial charge in [-0.2, -0.15) is 0 Å². The van der Waals surface area contributed by atoms with Crippen LogP contribution in [0.5, 0.6) is 5.75 Å². The Morgan fingerprint density at radius 2 is 1.90 bits per heavy atom. The highest BCUT2D eigenvalue weighted by molar-refractivity contribution is 5.29. The summed E-state index contributed by atoms with van der Waals surface area (Å²) in [7, 11) is 0. The zero-order valence-corrected chi connectivity index (χ0v) is 12.9. The Morgan fingerprint density at radius 3 is 2.50 bits per heavy atom. The molecule has 20 heavy (non-hydrogen) atoms. The Morgan fingerprint density at radius 1 is 1.20 bits per heavy atom. The second-order valence-electron chi connectivity index (χ2n) is 5.55. The van der Waals surface area contributed by atoms with Crippen molar-refractivity contribution in [2.75, 3.05) is 13.2 Å². The standard InChI is InChI=1S/C17H27NO2/c1-4-10-20-16-8-6-14(7-9-16)13(3)18-15-11-17(12-15)19-5-2/h6-9,13,15,17-18H,4-5,10-12H2,1-3H3. The van der Waals surface area contributed by atoms with E-state index < -0.39 is 0 Å². The quantitative estimate of drug-likeness (QED) is 0.786. The van der Waals surface area contributed by atoms with Gasteiger partial charge in [0.2, 0.25) is 0 Å². The minimum atomic E-state index is 0.378. The van der Waals surface area contributed by atoms with Crippen molar-refractivity contribution >= 4 is 0 Å². The van der Waals surface area contributed by atoms with Gasteiger partial charge >= 0.3 is 0 Å². The summed E-state index contributed by atoms with van der Waals surface area (Å²) in [6, 6.07) is 9.41. The first-order chi connectivity index (χ1) is 9.72. The molecule has 1 atom stereocenters. The van der Waals surface area contributed by atoms with Crippen molar-refractivity contribution in [1.82, 2.24) is 5.32 Å². The molecule has 0 radical (unpaired) electrons. The lowest BCUT2D eigenvalue weighted by Crippen LogP contribution is -2.46. The van der Waals surface area contributed by atoms with Gasteiger partial charge in [-0.3, -0.25) is 0 Å². The van der Waals surface area contributed by atoms with E-state index in [1.165, 1.54) is 5.56 Å². The molecule has 1 saturated carbocycles. The first-order valence-corrected chi connectivity index (χ1v) is 7.83. The van der Waals surface area contributed by atoms with Gasteiger partial charge in [0.05, 0.1) is 12.7 Å². The Kier molecular flexibility index (Phi) is 5.86. The van der Waals surface area contributed by atoms with E-state index in [2.05, 4.69) is 50.4 Å². The Hall–Kier alpha value is -1.06. The average molecular weight is 277 g/mol. The highest BCUT2D eigenvalue weighted by Crippen LogP contribution is 2.26. The minimum absolute atomic E-state index is 0.378. The molecular weight excluding hydrogens is 250 g/mol. The van der Waals surface area contributed by atoms with Gasteiger partial charge in [0, 0.05) is 18.7 Å². The molecule has 0 aliphatic heterocycles. The summed E-state index contributed by atoms with van der Waals surface area (Å²) in [5, 5.41) is 3.66. The number of ether oxygens (including phenoxy) is 2. The zero-order valence-electron chi connectivity index (χ0n) is 12.9. The van der Waals surface area contributed by atoms with Crippen molar-refractivity contribution in [3.05, 3.63) is 29.8 Å². The summed E-state index contributed by atoms with van der Waals surface area (Å²) in [5.74, 6) is 0.961. The molecular formula is C17H27NO2. The first kappa shape index (κ1) is 15.3. The highest BCUT2D eigenvalue weighted by atomic mass is 16.5. The van der Waals surface area contributed by atoms with Crippen LogP contribution in [0, 0.1) is 0 Å². The lowest BCUT2D eigenvalue weighted by molar-refractivity contribution is -0.0120. The fraction of sp³-hybridized carbons (Fsp3) is 0.647. The van der Waals surface area contributed by atoms with E-state index in [0.717, 1.165) is 38.2 Å². The third-order valence-corrected chi connectivity index (χ3v) is 3.84. The SMILES string of the molecule is CCCOc1ccc(C(C)NC2CC(OCC)C2)cc1. The molecule has 0 saturated heterocycles. The van der Waals surface area contributed by atoms with Crippen LogP contribution in [-0.4, -0.2) is 25.4 Å². The lowest BCUT2D eigenvalue weighted by atomic mass is 9.88. The largest absolute Gasteiger partial charge is 0.494 e. The molecule has 3 nitrogen and oxygen atoms in total. The summed E-state index contributed by atoms with van der Waals surface area (Å²) in [6.07, 6.45) is 3.78. The molecule has 0 amide bonds. The van der Waals surface area contributed by atoms with Crippen LogP contribution < -0.4 is 10.1 Å². The Bertz CT molecular complexity index is 384. The van der Waals surface area contributed by atoms with E-state index in [0.29, 0.717) is 18.2 Å². The predicted molar refractivity (Wildman–Crippen MR) is 82.2 cm³/mol. The van der Waals surface area contributed by atoms with Crippen molar-refractivity contribution in [2.45, 2.75) is 58.2 Å². The van der Waals surface area contributed by atoms with Gasteiger partial charge in [0.15, 0.2) is 0 Å². The first-order valence-electron chi connectivity index (χ1n) is 7.83. The highest BCUT2D eigenvalue weighted by Gasteiger charge is 2.30. The summed E-state index contributed by atoms with van der Waals surface area (Å²) >= 11 is 0. The van der Waals surface area contributed by atoms with Crippen molar-refractivity contribution in [3.63, 3.8) is 0 Å². The number of hydrogen-bond donors (Lipinski definition) is 1. The predicted octanol–water partition coefficient (Wildman–Crippen LogP) is 3.69. The van der Waals surface area contributed by atoms with Gasteiger partial charge < -0.3 is 14.8 Å². The third kappa shape index (κ3) is 4.22. The second kappa shape index (κ2) is 7.65. The smallest absolute Gasteiger partial charge is 0.119 e. The van der Waals surface area contributed by atoms with Gasteiger partial charge in [-0.05, 0) is 50.8 Å². The number of nitrogens with one attached hydrogen (secondary N) is 1. The van der Waals surface area contributed by atoms with Crippen LogP contribution in [0.3, 0.4) is 0 Å². The van der Waals surface area contributed by atoms with E-state index in [9.17, 15) is 0 Å². The molecule has 0 spiro atoms. The van der Waals surface area contributed by atoms with E-state index >= 15 is 0 Å². The Balaban J connectivity index is 1.76. The van der Waals surface area contributed by atoms with Crippen LogP contribution >= 0.6 is 0 Å². The van der Waals surface area contributed by atoms with Gasteiger partial charge in [0.1, 0.15) is 5.75 Å². The molecule has 0 heterocycles. The van der Waals surface area contributed by atoms with Crippen molar-refractivity contribution in [1.29, 1.82) is 0 Å². The second-order valence-corrected chi connectivity index (χ2v) is 5.55. The van der Waals surface area contributed by atoms with Gasteiger partial charge in [-0.25, -0.2) is 0 Å². The number of hydrogen-bond acceptors (Lipinski definition) is 3. The fourth-order valence-electron chi connectivity index (χ4n) is 2.60. The van der Waals surface area contributed by atoms with Crippen LogP contribution in [0.4, 0.5) is 0 Å². The maximum Gasteiger partial charge on any atom is 0.119 e. The van der Waals surface area contributed by atoms with Crippen LogP contribution in [0.15, 0.2) is 24.3 Å². The van der Waals surface area contributed by atoms with Crippen LogP contribution in [0.2, 0.25) is 0 Å². The van der Waals surface area contributed by atoms with E-state index in [1.54, 1.807) is 0 Å². The number of rotatable bonds is 8. The molecule has 1 aliphatic rings. The molecule has 1 fully saturated rings. The zero-order chi connectivity index (χ0) is 14.4. The van der Waals surface area contributed by atoms with E-state index in [1.807, 2.05) is 0 Å². The molecule has 2 rings (SSSR count). The van der Waals surface area contributed by atoms with Gasteiger partial charge in [-0.15, -0.1) is 0 Å². The molecule has 1 aliphatic carbocycles. The maximum absolute atomic E-state index is 5.61. The fourth-order valence-corrected chi connectivity index (χ4v) is 2.60. The molecule has 1 aromatic rings. The molecule has 1 N–H and O–H groups in total. The lowest BCUT2D eigenvalue weighted by Gasteiger charge is -2.37. The van der Waals surface area contributed by atoms with Crippen molar-refractivity contribution in [3.8, 4) is 5.75 Å². The third-order valence-electron chi connectivity index (χ3n) is 3.84. The molecule has 112 valence electrons. The van der Waals surface area contributed by atoms with Gasteiger partial charge in [0.25, 0.3) is 0 Å². The Labute approximate surface area is 122 Å². The molecule has 1 unspecified atom stereocenters. The molecule has 0 bridgehead atoms. The molecule has 1 aromatic carbocycles. The topological polar surface area (TPSA) is 30.5 Å². The molecule has 3 heteroatoms. The maximum atomic E-state index is 5.61. The van der Waals surface area contributed by atoms with Gasteiger partial charge in [-0.1, -0.05) is 19.1 Å². The summed E-state index contributed by atoms with van der Waals surface area (Å²) < 4.78 is 11.2. The summed E-state index contributed by atoms with van der Waals surface area (Å²) in [4.78, 5) is 0. The summed E-state index contributed by atoms with van der Waals surface area (Å²) in [5.41, 5.74) is 1.31. The van der Waals surface area contributed by atoms with Crippen molar-refractivity contribution < 1.29 is 9.47 Å². The van der Waals surface area contributed by atoms with Crippen LogP contribution in [-0.2, 0) is 4.74 Å². The van der Waals surface area contributed by atoms with E-state index in [-0.39, 0.29) is 0 Å². The van der Waals surface area contributed by atoms with Crippen LogP contribution in [0.25, 0.3) is 0 Å². The van der Waals surface area contributed by atoms with Crippen molar-refractivity contribution in [2.24, 2.45) is 0 Å². The normalized spacial score (nSPS) is 23.1.